The Morgan fingerprint density at radius 2 is 1.90 bits per heavy atom. The Bertz CT molecular complexity index is 776. The SMILES string of the molecule is CC(C)(C)OC(=O)c1oc2ccccc2c1-c1cccs1. The lowest BCUT2D eigenvalue weighted by Gasteiger charge is -2.18. The van der Waals surface area contributed by atoms with Crippen molar-refractivity contribution in [3.63, 3.8) is 0 Å². The van der Waals surface area contributed by atoms with Crippen molar-refractivity contribution >= 4 is 28.3 Å². The molecule has 4 heteroatoms. The largest absolute Gasteiger partial charge is 0.454 e. The molecule has 3 aromatic rings. The zero-order valence-corrected chi connectivity index (χ0v) is 13.0. The van der Waals surface area contributed by atoms with Gasteiger partial charge in [-0.05, 0) is 38.3 Å². The first kappa shape index (κ1) is 13.9. The van der Waals surface area contributed by atoms with Gasteiger partial charge in [0.05, 0.1) is 5.56 Å². The standard InChI is InChI=1S/C17H16O3S/c1-17(2,3)20-16(18)15-14(13-9-6-10-21-13)11-7-4-5-8-12(11)19-15/h4-10H,1-3H3. The predicted octanol–water partition coefficient (Wildman–Crippen LogP) is 5.12. The monoisotopic (exact) mass is 300 g/mol. The van der Waals surface area contributed by atoms with Gasteiger partial charge in [0.25, 0.3) is 0 Å². The molecule has 108 valence electrons. The molecule has 3 nitrogen and oxygen atoms in total. The van der Waals surface area contributed by atoms with Crippen LogP contribution in [0.5, 0.6) is 0 Å². The van der Waals surface area contributed by atoms with Crippen LogP contribution in [0, 0.1) is 0 Å². The van der Waals surface area contributed by atoms with Gasteiger partial charge in [0.1, 0.15) is 11.2 Å². The number of rotatable bonds is 2. The van der Waals surface area contributed by atoms with Crippen molar-refractivity contribution in [1.29, 1.82) is 0 Å². The highest BCUT2D eigenvalue weighted by atomic mass is 32.1. The molecule has 0 aliphatic carbocycles. The average Bonchev–Trinajstić information content (AvgIpc) is 3.03. The zero-order chi connectivity index (χ0) is 15.0. The van der Waals surface area contributed by atoms with Gasteiger partial charge >= 0.3 is 5.97 Å². The summed E-state index contributed by atoms with van der Waals surface area (Å²) in [7, 11) is 0. The first-order valence-corrected chi connectivity index (χ1v) is 7.62. The number of ether oxygens (including phenoxy) is 1. The summed E-state index contributed by atoms with van der Waals surface area (Å²) >= 11 is 1.58. The molecule has 0 bridgehead atoms. The van der Waals surface area contributed by atoms with Gasteiger partial charge in [-0.25, -0.2) is 4.79 Å². The van der Waals surface area contributed by atoms with Crippen molar-refractivity contribution < 1.29 is 13.9 Å². The second-order valence-electron chi connectivity index (χ2n) is 5.78. The molecule has 2 heterocycles. The fourth-order valence-corrected chi connectivity index (χ4v) is 2.96. The Hall–Kier alpha value is -2.07. The molecule has 2 aromatic heterocycles. The highest BCUT2D eigenvalue weighted by molar-refractivity contribution is 7.13. The molecule has 0 saturated carbocycles. The summed E-state index contributed by atoms with van der Waals surface area (Å²) in [5.74, 6) is -0.157. The van der Waals surface area contributed by atoms with Crippen LogP contribution < -0.4 is 0 Å². The lowest BCUT2D eigenvalue weighted by Crippen LogP contribution is -2.23. The van der Waals surface area contributed by atoms with Crippen molar-refractivity contribution in [2.24, 2.45) is 0 Å². The molecule has 0 atom stereocenters. The normalized spacial score (nSPS) is 11.8. The molecule has 21 heavy (non-hydrogen) atoms. The van der Waals surface area contributed by atoms with Gasteiger partial charge in [0, 0.05) is 10.3 Å². The van der Waals surface area contributed by atoms with Crippen LogP contribution in [0.2, 0.25) is 0 Å². The van der Waals surface area contributed by atoms with Crippen LogP contribution in [0.3, 0.4) is 0 Å². The van der Waals surface area contributed by atoms with Crippen molar-refractivity contribution in [3.8, 4) is 10.4 Å². The first-order valence-electron chi connectivity index (χ1n) is 6.74. The van der Waals surface area contributed by atoms with Gasteiger partial charge in [-0.3, -0.25) is 0 Å². The van der Waals surface area contributed by atoms with E-state index in [9.17, 15) is 4.79 Å². The third kappa shape index (κ3) is 2.72. The van der Waals surface area contributed by atoms with Gasteiger partial charge in [-0.15, -0.1) is 11.3 Å². The number of carbonyl (C=O) groups is 1. The van der Waals surface area contributed by atoms with E-state index in [0.29, 0.717) is 5.58 Å². The Balaban J connectivity index is 2.18. The van der Waals surface area contributed by atoms with Crippen LogP contribution in [0.4, 0.5) is 0 Å². The summed E-state index contributed by atoms with van der Waals surface area (Å²) < 4.78 is 11.2. The van der Waals surface area contributed by atoms with E-state index in [1.165, 1.54) is 0 Å². The molecule has 0 unspecified atom stereocenters. The van der Waals surface area contributed by atoms with Gasteiger partial charge in [0.2, 0.25) is 5.76 Å². The van der Waals surface area contributed by atoms with E-state index in [1.807, 2.05) is 62.5 Å². The maximum Gasteiger partial charge on any atom is 0.375 e. The molecule has 0 radical (unpaired) electrons. The third-order valence-electron chi connectivity index (χ3n) is 2.95. The zero-order valence-electron chi connectivity index (χ0n) is 12.2. The summed E-state index contributed by atoms with van der Waals surface area (Å²) in [6.45, 7) is 5.54. The number of carbonyl (C=O) groups excluding carboxylic acids is 1. The highest BCUT2D eigenvalue weighted by Crippen LogP contribution is 2.37. The van der Waals surface area contributed by atoms with E-state index in [4.69, 9.17) is 9.15 Å². The van der Waals surface area contributed by atoms with Crippen molar-refractivity contribution in [2.75, 3.05) is 0 Å². The average molecular weight is 300 g/mol. The topological polar surface area (TPSA) is 39.4 Å². The molecule has 3 rings (SSSR count). The smallest absolute Gasteiger partial charge is 0.375 e. The van der Waals surface area contributed by atoms with E-state index in [-0.39, 0.29) is 5.76 Å². The molecule has 0 saturated heterocycles. The number of thiophene rings is 1. The van der Waals surface area contributed by atoms with Crippen LogP contribution in [0.25, 0.3) is 21.4 Å². The number of fused-ring (bicyclic) bond motifs is 1. The van der Waals surface area contributed by atoms with Gasteiger partial charge < -0.3 is 9.15 Å². The van der Waals surface area contributed by atoms with Gasteiger partial charge in [-0.1, -0.05) is 24.3 Å². The Labute approximate surface area is 127 Å². The number of benzene rings is 1. The van der Waals surface area contributed by atoms with E-state index >= 15 is 0 Å². The van der Waals surface area contributed by atoms with Crippen LogP contribution >= 0.6 is 11.3 Å². The molecular formula is C17H16O3S. The summed E-state index contributed by atoms with van der Waals surface area (Å²) in [5.41, 5.74) is 0.958. The maximum atomic E-state index is 12.4. The minimum Gasteiger partial charge on any atom is -0.454 e. The van der Waals surface area contributed by atoms with Crippen LogP contribution in [0.1, 0.15) is 31.3 Å². The molecule has 0 aliphatic rings. The van der Waals surface area contributed by atoms with Crippen LogP contribution in [0.15, 0.2) is 46.2 Å². The van der Waals surface area contributed by atoms with E-state index in [0.717, 1.165) is 15.8 Å². The number of hydrogen-bond acceptors (Lipinski definition) is 4. The molecule has 0 amide bonds. The van der Waals surface area contributed by atoms with Crippen molar-refractivity contribution in [2.45, 2.75) is 26.4 Å². The van der Waals surface area contributed by atoms with E-state index in [1.54, 1.807) is 11.3 Å². The fraction of sp³-hybridized carbons (Fsp3) is 0.235. The number of esters is 1. The van der Waals surface area contributed by atoms with Crippen molar-refractivity contribution in [3.05, 3.63) is 47.5 Å². The summed E-state index contributed by atoms with van der Waals surface area (Å²) in [6, 6.07) is 11.6. The molecule has 0 N–H and O–H groups in total. The lowest BCUT2D eigenvalue weighted by molar-refractivity contribution is 0.00394. The van der Waals surface area contributed by atoms with Crippen LogP contribution in [-0.2, 0) is 4.74 Å². The molecule has 1 aromatic carbocycles. The van der Waals surface area contributed by atoms with E-state index < -0.39 is 11.6 Å². The Kier molecular flexibility index (Phi) is 3.33. The summed E-state index contributed by atoms with van der Waals surface area (Å²) in [4.78, 5) is 13.4. The second kappa shape index (κ2) is 5.04. The molecule has 0 spiro atoms. The minimum atomic E-state index is -0.553. The van der Waals surface area contributed by atoms with Gasteiger partial charge in [0.15, 0.2) is 0 Å². The Morgan fingerprint density at radius 1 is 1.14 bits per heavy atom. The van der Waals surface area contributed by atoms with Gasteiger partial charge in [-0.2, -0.15) is 0 Å². The highest BCUT2D eigenvalue weighted by Gasteiger charge is 2.27. The maximum absolute atomic E-state index is 12.4. The number of hydrogen-bond donors (Lipinski definition) is 0. The molecule has 0 fully saturated rings. The summed E-state index contributed by atoms with van der Waals surface area (Å²) in [5, 5.41) is 2.91. The fourth-order valence-electron chi connectivity index (χ4n) is 2.18. The quantitative estimate of drug-likeness (QED) is 0.617. The molecule has 0 aliphatic heterocycles. The second-order valence-corrected chi connectivity index (χ2v) is 6.73. The minimum absolute atomic E-state index is 0.272. The van der Waals surface area contributed by atoms with E-state index in [2.05, 4.69) is 0 Å². The first-order chi connectivity index (χ1) is 9.96. The number of para-hydroxylation sites is 1. The summed E-state index contributed by atoms with van der Waals surface area (Å²) in [6.07, 6.45) is 0. The predicted molar refractivity (Wildman–Crippen MR) is 84.7 cm³/mol. The number of furan rings is 1. The van der Waals surface area contributed by atoms with Crippen LogP contribution in [-0.4, -0.2) is 11.6 Å². The lowest BCUT2D eigenvalue weighted by atomic mass is 10.1. The molecular weight excluding hydrogens is 284 g/mol. The van der Waals surface area contributed by atoms with Crippen molar-refractivity contribution in [1.82, 2.24) is 0 Å². The third-order valence-corrected chi connectivity index (χ3v) is 3.83. The Morgan fingerprint density at radius 3 is 2.57 bits per heavy atom.